The summed E-state index contributed by atoms with van der Waals surface area (Å²) < 4.78 is 32.4. The molecule has 0 unspecified atom stereocenters. The first-order valence-electron chi connectivity index (χ1n) is 6.87. The van der Waals surface area contributed by atoms with Crippen molar-refractivity contribution in [2.75, 3.05) is 13.2 Å². The molecule has 1 nitrogen and oxygen atoms in total. The summed E-state index contributed by atoms with van der Waals surface area (Å²) in [4.78, 5) is 0. The molecule has 1 fully saturated rings. The van der Waals surface area contributed by atoms with Gasteiger partial charge in [0.15, 0.2) is 0 Å². The molecule has 1 rings (SSSR count). The molecule has 17 heavy (non-hydrogen) atoms. The van der Waals surface area contributed by atoms with Gasteiger partial charge in [-0.15, -0.1) is 0 Å². The highest BCUT2D eigenvalue weighted by Crippen LogP contribution is 2.46. The van der Waals surface area contributed by atoms with Crippen LogP contribution >= 0.6 is 0 Å². The number of hydrogen-bond donors (Lipinski definition) is 0. The smallest absolute Gasteiger partial charge is 0.250 e. The summed E-state index contributed by atoms with van der Waals surface area (Å²) >= 11 is 0. The summed E-state index contributed by atoms with van der Waals surface area (Å²) in [7, 11) is 0. The predicted molar refractivity (Wildman–Crippen MR) is 66.4 cm³/mol. The Morgan fingerprint density at radius 2 is 1.94 bits per heavy atom. The van der Waals surface area contributed by atoms with E-state index in [4.69, 9.17) is 4.74 Å². The Morgan fingerprint density at radius 3 is 2.35 bits per heavy atom. The standard InChI is InChI=1S/C14H26F2O/c1-4-17-11-13(7-5-8-13)9-6-10-14(15,16)12(2)3/h12H,4-11H2,1-3H3. The van der Waals surface area contributed by atoms with Crippen molar-refractivity contribution in [1.29, 1.82) is 0 Å². The van der Waals surface area contributed by atoms with Gasteiger partial charge in [-0.3, -0.25) is 0 Å². The molecule has 0 bridgehead atoms. The van der Waals surface area contributed by atoms with Gasteiger partial charge in [0.2, 0.25) is 5.92 Å². The van der Waals surface area contributed by atoms with Gasteiger partial charge < -0.3 is 4.74 Å². The Labute approximate surface area is 104 Å². The van der Waals surface area contributed by atoms with Crippen molar-refractivity contribution in [1.82, 2.24) is 0 Å². The highest BCUT2D eigenvalue weighted by molar-refractivity contribution is 4.88. The van der Waals surface area contributed by atoms with Crippen LogP contribution in [0.4, 0.5) is 8.78 Å². The summed E-state index contributed by atoms with van der Waals surface area (Å²) in [5.74, 6) is -3.05. The van der Waals surface area contributed by atoms with E-state index < -0.39 is 11.8 Å². The summed E-state index contributed by atoms with van der Waals surface area (Å²) in [6.07, 6.45) is 5.08. The Hall–Kier alpha value is -0.180. The molecule has 1 aliphatic carbocycles. The van der Waals surface area contributed by atoms with Crippen LogP contribution < -0.4 is 0 Å². The van der Waals surface area contributed by atoms with Crippen molar-refractivity contribution in [3.05, 3.63) is 0 Å². The Balaban J connectivity index is 2.29. The average Bonchev–Trinajstić information content (AvgIpc) is 2.20. The SMILES string of the molecule is CCOCC1(CCCC(F)(F)C(C)C)CCC1. The van der Waals surface area contributed by atoms with Crippen molar-refractivity contribution >= 4 is 0 Å². The summed E-state index contributed by atoms with van der Waals surface area (Å²) in [6.45, 7) is 6.67. The van der Waals surface area contributed by atoms with Crippen LogP contribution in [0, 0.1) is 11.3 Å². The minimum absolute atomic E-state index is 0.0263. The minimum atomic E-state index is -2.50. The maximum absolute atomic E-state index is 13.5. The molecule has 0 amide bonds. The van der Waals surface area contributed by atoms with Crippen LogP contribution in [-0.4, -0.2) is 19.1 Å². The Kier molecular flexibility index (Phi) is 5.36. The molecule has 0 aromatic carbocycles. The predicted octanol–water partition coefficient (Wildman–Crippen LogP) is 4.65. The number of hydrogen-bond acceptors (Lipinski definition) is 1. The fraction of sp³-hybridized carbons (Fsp3) is 1.00. The first-order valence-corrected chi connectivity index (χ1v) is 6.87. The molecule has 1 aliphatic rings. The third-order valence-corrected chi connectivity index (χ3v) is 4.09. The van der Waals surface area contributed by atoms with Gasteiger partial charge in [0.1, 0.15) is 0 Å². The topological polar surface area (TPSA) is 9.23 Å². The van der Waals surface area contributed by atoms with Gasteiger partial charge in [0.05, 0.1) is 6.61 Å². The van der Waals surface area contributed by atoms with Gasteiger partial charge in [0, 0.05) is 18.9 Å². The molecule has 0 radical (unpaired) electrons. The molecule has 3 heteroatoms. The van der Waals surface area contributed by atoms with Crippen LogP contribution in [0.1, 0.15) is 59.3 Å². The lowest BCUT2D eigenvalue weighted by molar-refractivity contribution is -0.0628. The maximum Gasteiger partial charge on any atom is 0.250 e. The molecule has 0 aromatic rings. The lowest BCUT2D eigenvalue weighted by Crippen LogP contribution is -2.35. The molecule has 0 atom stereocenters. The van der Waals surface area contributed by atoms with Crippen LogP contribution in [0.25, 0.3) is 0 Å². The van der Waals surface area contributed by atoms with Gasteiger partial charge >= 0.3 is 0 Å². The van der Waals surface area contributed by atoms with Crippen LogP contribution in [0.3, 0.4) is 0 Å². The summed E-state index contributed by atoms with van der Waals surface area (Å²) in [5, 5.41) is 0. The van der Waals surface area contributed by atoms with Crippen molar-refractivity contribution in [2.45, 2.75) is 65.2 Å². The van der Waals surface area contributed by atoms with E-state index in [-0.39, 0.29) is 11.8 Å². The van der Waals surface area contributed by atoms with E-state index in [2.05, 4.69) is 0 Å². The normalized spacial score (nSPS) is 19.4. The second-order valence-corrected chi connectivity index (χ2v) is 5.76. The van der Waals surface area contributed by atoms with E-state index in [1.54, 1.807) is 13.8 Å². The van der Waals surface area contributed by atoms with Crippen molar-refractivity contribution < 1.29 is 13.5 Å². The third kappa shape index (κ3) is 4.20. The second kappa shape index (κ2) is 6.12. The van der Waals surface area contributed by atoms with Gasteiger partial charge in [-0.1, -0.05) is 20.3 Å². The fourth-order valence-electron chi connectivity index (χ4n) is 2.45. The molecular formula is C14H26F2O. The minimum Gasteiger partial charge on any atom is -0.381 e. The Bertz CT molecular complexity index is 222. The Morgan fingerprint density at radius 1 is 1.29 bits per heavy atom. The second-order valence-electron chi connectivity index (χ2n) is 5.76. The van der Waals surface area contributed by atoms with E-state index in [0.717, 1.165) is 32.5 Å². The number of halogens is 2. The lowest BCUT2D eigenvalue weighted by atomic mass is 9.66. The van der Waals surface area contributed by atoms with Crippen molar-refractivity contribution in [3.63, 3.8) is 0 Å². The summed E-state index contributed by atoms with van der Waals surface area (Å²) in [6, 6.07) is 0. The van der Waals surface area contributed by atoms with Gasteiger partial charge in [-0.2, -0.15) is 0 Å². The molecular weight excluding hydrogens is 222 g/mol. The van der Waals surface area contributed by atoms with Gasteiger partial charge in [-0.25, -0.2) is 8.78 Å². The zero-order valence-electron chi connectivity index (χ0n) is 11.4. The molecule has 0 N–H and O–H groups in total. The van der Waals surface area contributed by atoms with E-state index in [1.807, 2.05) is 6.92 Å². The monoisotopic (exact) mass is 248 g/mol. The number of alkyl halides is 2. The van der Waals surface area contributed by atoms with Crippen molar-refractivity contribution in [3.8, 4) is 0 Å². The lowest BCUT2D eigenvalue weighted by Gasteiger charge is -2.42. The highest BCUT2D eigenvalue weighted by Gasteiger charge is 2.38. The van der Waals surface area contributed by atoms with Crippen LogP contribution in [0.15, 0.2) is 0 Å². The summed E-state index contributed by atoms with van der Waals surface area (Å²) in [5.41, 5.74) is 0.225. The largest absolute Gasteiger partial charge is 0.381 e. The zero-order valence-corrected chi connectivity index (χ0v) is 11.4. The number of ether oxygens (including phenoxy) is 1. The van der Waals surface area contributed by atoms with Gasteiger partial charge in [0.25, 0.3) is 0 Å². The van der Waals surface area contributed by atoms with E-state index in [0.29, 0.717) is 6.42 Å². The molecule has 0 aromatic heterocycles. The van der Waals surface area contributed by atoms with Crippen LogP contribution in [0.5, 0.6) is 0 Å². The molecule has 0 aliphatic heterocycles. The molecule has 1 saturated carbocycles. The van der Waals surface area contributed by atoms with Crippen molar-refractivity contribution in [2.24, 2.45) is 11.3 Å². The van der Waals surface area contributed by atoms with E-state index in [9.17, 15) is 8.78 Å². The zero-order chi connectivity index (χ0) is 12.9. The van der Waals surface area contributed by atoms with Gasteiger partial charge in [-0.05, 0) is 38.0 Å². The van der Waals surface area contributed by atoms with E-state index >= 15 is 0 Å². The van der Waals surface area contributed by atoms with Crippen LogP contribution in [-0.2, 0) is 4.74 Å². The fourth-order valence-corrected chi connectivity index (χ4v) is 2.45. The van der Waals surface area contributed by atoms with E-state index in [1.165, 1.54) is 6.42 Å². The first-order chi connectivity index (χ1) is 7.92. The molecule has 0 heterocycles. The molecule has 0 saturated heterocycles. The molecule has 0 spiro atoms. The average molecular weight is 248 g/mol. The number of rotatable bonds is 8. The quantitative estimate of drug-likeness (QED) is 0.607. The highest BCUT2D eigenvalue weighted by atomic mass is 19.3. The van der Waals surface area contributed by atoms with Crippen LogP contribution in [0.2, 0.25) is 0 Å². The molecule has 102 valence electrons. The maximum atomic E-state index is 13.5. The third-order valence-electron chi connectivity index (χ3n) is 4.09. The first kappa shape index (κ1) is 14.9.